The van der Waals surface area contributed by atoms with Crippen molar-refractivity contribution < 1.29 is 14.6 Å². The highest BCUT2D eigenvalue weighted by Gasteiger charge is 2.01. The van der Waals surface area contributed by atoms with Crippen LogP contribution in [0.2, 0.25) is 0 Å². The Kier molecular flexibility index (Phi) is 5.95. The van der Waals surface area contributed by atoms with Crippen LogP contribution in [-0.2, 0) is 24.1 Å². The topological polar surface area (TPSA) is 59.4 Å². The van der Waals surface area contributed by atoms with Gasteiger partial charge in [0, 0.05) is 24.7 Å². The Labute approximate surface area is 130 Å². The fraction of sp³-hybridized carbons (Fsp3) is 0.333. The summed E-state index contributed by atoms with van der Waals surface area (Å²) >= 11 is 0. The fourth-order valence-electron chi connectivity index (χ4n) is 2.09. The second-order valence-electron chi connectivity index (χ2n) is 5.15. The number of benzene rings is 1. The van der Waals surface area contributed by atoms with Gasteiger partial charge in [0.1, 0.15) is 5.75 Å². The van der Waals surface area contributed by atoms with Gasteiger partial charge in [-0.2, -0.15) is 0 Å². The van der Waals surface area contributed by atoms with E-state index in [-0.39, 0.29) is 6.42 Å². The number of aromatic nitrogens is 1. The van der Waals surface area contributed by atoms with E-state index in [0.29, 0.717) is 13.0 Å². The van der Waals surface area contributed by atoms with Crippen molar-refractivity contribution in [3.63, 3.8) is 0 Å². The summed E-state index contributed by atoms with van der Waals surface area (Å²) in [5.41, 5.74) is 3.27. The Balaban J connectivity index is 1.77. The van der Waals surface area contributed by atoms with Gasteiger partial charge in [0.15, 0.2) is 0 Å². The largest absolute Gasteiger partial charge is 0.493 e. The molecule has 0 saturated heterocycles. The van der Waals surface area contributed by atoms with Crippen LogP contribution < -0.4 is 4.74 Å². The van der Waals surface area contributed by atoms with Crippen LogP contribution in [0.4, 0.5) is 0 Å². The zero-order valence-electron chi connectivity index (χ0n) is 12.8. The maximum atomic E-state index is 10.5. The molecule has 4 heteroatoms. The lowest BCUT2D eigenvalue weighted by atomic mass is 10.1. The van der Waals surface area contributed by atoms with E-state index in [0.717, 1.165) is 29.8 Å². The van der Waals surface area contributed by atoms with Gasteiger partial charge in [-0.25, -0.2) is 0 Å². The Bertz CT molecular complexity index is 591. The van der Waals surface area contributed by atoms with Crippen molar-refractivity contribution >= 4 is 5.97 Å². The molecule has 1 aromatic heterocycles. The highest BCUT2D eigenvalue weighted by Crippen LogP contribution is 2.14. The number of aryl methyl sites for hydroxylation is 2. The minimum atomic E-state index is -0.776. The van der Waals surface area contributed by atoms with Gasteiger partial charge in [0.25, 0.3) is 0 Å². The molecule has 2 aromatic rings. The van der Waals surface area contributed by atoms with Crippen molar-refractivity contribution in [2.24, 2.45) is 0 Å². The predicted octanol–water partition coefficient (Wildman–Crippen LogP) is 3.28. The molecule has 2 rings (SSSR count). The Hall–Kier alpha value is -2.36. The first-order valence-electron chi connectivity index (χ1n) is 7.54. The van der Waals surface area contributed by atoms with E-state index in [2.05, 4.69) is 18.0 Å². The van der Waals surface area contributed by atoms with Crippen molar-refractivity contribution in [1.29, 1.82) is 0 Å². The maximum Gasteiger partial charge on any atom is 0.303 e. The van der Waals surface area contributed by atoms with Gasteiger partial charge in [0.2, 0.25) is 0 Å². The minimum absolute atomic E-state index is 0.152. The molecule has 1 N–H and O–H groups in total. The van der Waals surface area contributed by atoms with E-state index in [1.807, 2.05) is 36.5 Å². The number of carboxylic acid groups (broad SMARTS) is 1. The zero-order chi connectivity index (χ0) is 15.8. The maximum absolute atomic E-state index is 10.5. The number of carboxylic acids is 1. The third kappa shape index (κ3) is 5.20. The van der Waals surface area contributed by atoms with Gasteiger partial charge in [-0.1, -0.05) is 25.1 Å². The first-order valence-corrected chi connectivity index (χ1v) is 7.54. The van der Waals surface area contributed by atoms with Crippen LogP contribution in [0.1, 0.15) is 30.2 Å². The van der Waals surface area contributed by atoms with Gasteiger partial charge < -0.3 is 9.84 Å². The highest BCUT2D eigenvalue weighted by atomic mass is 16.5. The summed E-state index contributed by atoms with van der Waals surface area (Å²) in [7, 11) is 0. The molecule has 0 saturated carbocycles. The van der Waals surface area contributed by atoms with Gasteiger partial charge in [0.05, 0.1) is 6.61 Å². The second-order valence-corrected chi connectivity index (χ2v) is 5.15. The average Bonchev–Trinajstić information content (AvgIpc) is 2.55. The summed E-state index contributed by atoms with van der Waals surface area (Å²) in [6.45, 7) is 2.69. The normalized spacial score (nSPS) is 10.4. The van der Waals surface area contributed by atoms with Crippen LogP contribution in [0.25, 0.3) is 0 Å². The summed E-state index contributed by atoms with van der Waals surface area (Å²) in [5, 5.41) is 8.66. The van der Waals surface area contributed by atoms with Crippen LogP contribution in [0, 0.1) is 0 Å². The molecule has 0 radical (unpaired) electrons. The standard InChI is InChI=1S/C18H21NO3/c1-2-14-3-7-16(19-13-14)11-12-22-17-8-4-15(5-9-17)6-10-18(20)21/h3-5,7-9,13H,2,6,10-12H2,1H3,(H,20,21). The monoisotopic (exact) mass is 299 g/mol. The van der Waals surface area contributed by atoms with Gasteiger partial charge in [-0.05, 0) is 42.2 Å². The zero-order valence-corrected chi connectivity index (χ0v) is 12.8. The molecule has 0 aliphatic carbocycles. The van der Waals surface area contributed by atoms with Crippen molar-refractivity contribution in [1.82, 2.24) is 4.98 Å². The van der Waals surface area contributed by atoms with Crippen molar-refractivity contribution in [2.45, 2.75) is 32.6 Å². The number of pyridine rings is 1. The lowest BCUT2D eigenvalue weighted by Crippen LogP contribution is -2.03. The summed E-state index contributed by atoms with van der Waals surface area (Å²) in [5.74, 6) is 0.0196. The lowest BCUT2D eigenvalue weighted by molar-refractivity contribution is -0.136. The van der Waals surface area contributed by atoms with E-state index >= 15 is 0 Å². The third-order valence-corrected chi connectivity index (χ3v) is 3.47. The molecule has 4 nitrogen and oxygen atoms in total. The van der Waals surface area contributed by atoms with Gasteiger partial charge in [-0.15, -0.1) is 0 Å². The third-order valence-electron chi connectivity index (χ3n) is 3.47. The van der Waals surface area contributed by atoms with E-state index in [1.54, 1.807) is 0 Å². The van der Waals surface area contributed by atoms with Crippen LogP contribution in [-0.4, -0.2) is 22.7 Å². The number of ether oxygens (including phenoxy) is 1. The van der Waals surface area contributed by atoms with E-state index in [9.17, 15) is 4.79 Å². The van der Waals surface area contributed by atoms with Crippen molar-refractivity contribution in [3.8, 4) is 5.75 Å². The summed E-state index contributed by atoms with van der Waals surface area (Å²) in [4.78, 5) is 14.9. The molecule has 0 aliphatic rings. The quantitative estimate of drug-likeness (QED) is 0.812. The molecule has 1 aromatic carbocycles. The number of aliphatic carboxylic acids is 1. The second kappa shape index (κ2) is 8.17. The molecule has 0 spiro atoms. The number of carbonyl (C=O) groups is 1. The first kappa shape index (κ1) is 16.0. The SMILES string of the molecule is CCc1ccc(CCOc2ccc(CCC(=O)O)cc2)nc1. The van der Waals surface area contributed by atoms with E-state index in [1.165, 1.54) is 5.56 Å². The molecule has 0 unspecified atom stereocenters. The van der Waals surface area contributed by atoms with Crippen LogP contribution >= 0.6 is 0 Å². The minimum Gasteiger partial charge on any atom is -0.493 e. The Morgan fingerprint density at radius 1 is 1.09 bits per heavy atom. The summed E-state index contributed by atoms with van der Waals surface area (Å²) in [6.07, 6.45) is 4.37. The first-order chi connectivity index (χ1) is 10.7. The summed E-state index contributed by atoms with van der Waals surface area (Å²) in [6, 6.07) is 11.7. The van der Waals surface area contributed by atoms with Crippen LogP contribution in [0.15, 0.2) is 42.6 Å². The molecule has 1 heterocycles. The Morgan fingerprint density at radius 2 is 1.82 bits per heavy atom. The fourth-order valence-corrected chi connectivity index (χ4v) is 2.09. The lowest BCUT2D eigenvalue weighted by Gasteiger charge is -2.07. The van der Waals surface area contributed by atoms with Crippen molar-refractivity contribution in [3.05, 3.63) is 59.4 Å². The van der Waals surface area contributed by atoms with Gasteiger partial charge >= 0.3 is 5.97 Å². The molecule has 116 valence electrons. The van der Waals surface area contributed by atoms with Crippen LogP contribution in [0.3, 0.4) is 0 Å². The number of rotatable bonds is 8. The smallest absolute Gasteiger partial charge is 0.303 e. The average molecular weight is 299 g/mol. The molecule has 0 amide bonds. The van der Waals surface area contributed by atoms with Gasteiger partial charge in [-0.3, -0.25) is 9.78 Å². The number of hydrogen-bond donors (Lipinski definition) is 1. The molecule has 0 atom stereocenters. The highest BCUT2D eigenvalue weighted by molar-refractivity contribution is 5.67. The molecule has 0 aliphatic heterocycles. The molecular formula is C18H21NO3. The molecular weight excluding hydrogens is 278 g/mol. The Morgan fingerprint density at radius 3 is 2.41 bits per heavy atom. The van der Waals surface area contributed by atoms with Crippen LogP contribution in [0.5, 0.6) is 5.75 Å². The molecule has 22 heavy (non-hydrogen) atoms. The van der Waals surface area contributed by atoms with E-state index < -0.39 is 5.97 Å². The van der Waals surface area contributed by atoms with Crippen molar-refractivity contribution in [2.75, 3.05) is 6.61 Å². The predicted molar refractivity (Wildman–Crippen MR) is 85.2 cm³/mol. The van der Waals surface area contributed by atoms with E-state index in [4.69, 9.17) is 9.84 Å². The number of nitrogens with zero attached hydrogens (tertiary/aromatic N) is 1. The summed E-state index contributed by atoms with van der Waals surface area (Å²) < 4.78 is 5.69. The molecule has 0 fully saturated rings. The molecule has 0 bridgehead atoms. The number of hydrogen-bond acceptors (Lipinski definition) is 3.